The standard InChI is InChI=1S/C54H62F2N4O10/c1-8-51-18-12-20-60-22-19-52(45(51)60)38-25-39(42(66-5)26-41(38)58(4)46(52)54(65,49(64)68-7)47(51)70-31(2)61)53(48(63)67-6)27-33-23-35(50(3,55)56)29-59(28-33)21-17-36-37-24-34(15-16-40(37)57-43(36)53)44(62)69-30-32-13-10-9-11-14-32/h9-16,18,24-26,33,35,45-47,57,65H,8,17,19-23,27-30H2,1-7H3/t33-,35-,45+,46-,47-,51-,52-,53+,54+/m1/s1. The lowest BCUT2D eigenvalue weighted by Gasteiger charge is -2.63. The topological polar surface area (TPSA) is 160 Å². The molecule has 0 radical (unpaired) electrons. The van der Waals surface area contributed by atoms with E-state index < -0.39 is 81.7 Å². The quantitative estimate of drug-likeness (QED) is 0.101. The predicted molar refractivity (Wildman–Crippen MR) is 255 cm³/mol. The molecule has 4 aromatic rings. The molecular formula is C54H62F2N4O10. The molecule has 1 spiro atoms. The minimum absolute atomic E-state index is 0.0494. The molecule has 3 fully saturated rings. The maximum absolute atomic E-state index is 15.6. The Balaban J connectivity index is 1.23. The summed E-state index contributed by atoms with van der Waals surface area (Å²) in [5.74, 6) is -6.91. The number of hydrogen-bond acceptors (Lipinski definition) is 13. The van der Waals surface area contributed by atoms with E-state index in [9.17, 15) is 19.5 Å². The third-order valence-electron chi connectivity index (χ3n) is 17.1. The largest absolute Gasteiger partial charge is 0.496 e. The zero-order valence-electron chi connectivity index (χ0n) is 40.8. The third-order valence-corrected chi connectivity index (χ3v) is 17.1. The number of aromatic nitrogens is 1. The maximum atomic E-state index is 15.6. The minimum Gasteiger partial charge on any atom is -0.496 e. The van der Waals surface area contributed by atoms with Gasteiger partial charge in [-0.3, -0.25) is 14.5 Å². The van der Waals surface area contributed by atoms with Crippen LogP contribution in [-0.2, 0) is 57.2 Å². The molecule has 1 saturated carbocycles. The van der Waals surface area contributed by atoms with Crippen molar-refractivity contribution in [2.75, 3.05) is 66.0 Å². The molecule has 10 rings (SSSR count). The van der Waals surface area contributed by atoms with Crippen LogP contribution in [-0.4, -0.2) is 135 Å². The average Bonchev–Trinajstić information content (AvgIpc) is 4.01. The fraction of sp³-hybridized carbons (Fsp3) is 0.519. The number of fused-ring (bicyclic) bond motifs is 6. The van der Waals surface area contributed by atoms with Gasteiger partial charge >= 0.3 is 23.9 Å². The first-order valence-electron chi connectivity index (χ1n) is 24.3. The van der Waals surface area contributed by atoms with Gasteiger partial charge in [0.25, 0.3) is 0 Å². The minimum atomic E-state index is -3.01. The number of anilines is 1. The Morgan fingerprint density at radius 1 is 0.943 bits per heavy atom. The molecule has 1 aromatic heterocycles. The molecule has 6 heterocycles. The lowest BCUT2D eigenvalue weighted by molar-refractivity contribution is -0.228. The van der Waals surface area contributed by atoms with Gasteiger partial charge in [0.05, 0.1) is 32.9 Å². The number of aliphatic hydroxyl groups is 1. The molecule has 14 nitrogen and oxygen atoms in total. The molecule has 2 bridgehead atoms. The van der Waals surface area contributed by atoms with E-state index in [2.05, 4.69) is 14.8 Å². The first-order chi connectivity index (χ1) is 33.4. The van der Waals surface area contributed by atoms with Crippen LogP contribution in [0.5, 0.6) is 5.75 Å². The van der Waals surface area contributed by atoms with Crippen LogP contribution in [0.25, 0.3) is 10.9 Å². The van der Waals surface area contributed by atoms with Crippen LogP contribution in [0.4, 0.5) is 14.5 Å². The SMILES string of the molecule is CC[C@]12C=CCN3CC[C@@]4(c5cc([C@@]6(C(=O)OC)C[C@H]7C[C@@H](C(C)(F)F)CN(CCc8c6[nH]c6ccc(C(=O)OCc9ccccc9)cc86)C7)c(OC)cc5N(C)[C@H]4[C@@](O)(C(=O)OC)[C@@H]1OC(C)=O)[C@@H]32. The molecule has 5 aliphatic heterocycles. The van der Waals surface area contributed by atoms with Crippen LogP contribution < -0.4 is 9.64 Å². The van der Waals surface area contributed by atoms with Crippen molar-refractivity contribution in [2.45, 2.75) is 100 Å². The highest BCUT2D eigenvalue weighted by molar-refractivity contribution is 5.99. The van der Waals surface area contributed by atoms with Gasteiger partial charge in [-0.2, -0.15) is 0 Å². The van der Waals surface area contributed by atoms with E-state index in [1.165, 1.54) is 28.3 Å². The Bertz CT molecular complexity index is 2790. The summed E-state index contributed by atoms with van der Waals surface area (Å²) in [4.78, 5) is 66.9. The number of halogens is 2. The fourth-order valence-corrected chi connectivity index (χ4v) is 14.4. The Labute approximate surface area is 406 Å². The summed E-state index contributed by atoms with van der Waals surface area (Å²) in [5, 5.41) is 14.1. The van der Waals surface area contributed by atoms with Gasteiger partial charge in [0, 0.05) is 96.9 Å². The Kier molecular flexibility index (Phi) is 11.7. The maximum Gasteiger partial charge on any atom is 0.344 e. The number of esters is 4. The number of benzene rings is 3. The van der Waals surface area contributed by atoms with Crippen LogP contribution in [0.15, 0.2) is 72.8 Å². The third kappa shape index (κ3) is 6.86. The van der Waals surface area contributed by atoms with E-state index >= 15 is 13.6 Å². The normalized spacial score (nSPS) is 32.1. The van der Waals surface area contributed by atoms with Gasteiger partial charge in [0.2, 0.25) is 11.5 Å². The van der Waals surface area contributed by atoms with E-state index in [0.29, 0.717) is 84.6 Å². The molecule has 0 amide bonds. The highest BCUT2D eigenvalue weighted by Crippen LogP contribution is 2.68. The first kappa shape index (κ1) is 47.8. The molecule has 1 unspecified atom stereocenters. The van der Waals surface area contributed by atoms with Gasteiger partial charge < -0.3 is 43.6 Å². The van der Waals surface area contributed by atoms with Crippen LogP contribution in [0.3, 0.4) is 0 Å². The van der Waals surface area contributed by atoms with Crippen LogP contribution in [0, 0.1) is 17.3 Å². The molecule has 16 heteroatoms. The molecule has 6 aliphatic rings. The molecular weight excluding hydrogens is 903 g/mol. The van der Waals surface area contributed by atoms with Gasteiger partial charge in [0.15, 0.2) is 6.10 Å². The number of carbonyl (C=O) groups is 4. The monoisotopic (exact) mass is 964 g/mol. The van der Waals surface area contributed by atoms with E-state index in [0.717, 1.165) is 23.6 Å². The number of likely N-dealkylation sites (N-methyl/N-ethyl adjacent to an activating group) is 1. The molecule has 2 saturated heterocycles. The summed E-state index contributed by atoms with van der Waals surface area (Å²) >= 11 is 0. The molecule has 3 aromatic carbocycles. The van der Waals surface area contributed by atoms with Crippen molar-refractivity contribution in [2.24, 2.45) is 17.3 Å². The predicted octanol–water partition coefficient (Wildman–Crippen LogP) is 6.48. The van der Waals surface area contributed by atoms with Crippen molar-refractivity contribution >= 4 is 40.5 Å². The number of nitrogens with zero attached hydrogens (tertiary/aromatic N) is 3. The summed E-state index contributed by atoms with van der Waals surface area (Å²) in [6.45, 7) is 6.41. The molecule has 372 valence electrons. The zero-order chi connectivity index (χ0) is 49.7. The summed E-state index contributed by atoms with van der Waals surface area (Å²) in [5.41, 5.74) is -1.46. The van der Waals surface area contributed by atoms with Crippen molar-refractivity contribution in [3.05, 3.63) is 106 Å². The fourth-order valence-electron chi connectivity index (χ4n) is 14.4. The lowest BCUT2D eigenvalue weighted by atomic mass is 9.47. The van der Waals surface area contributed by atoms with Gasteiger partial charge in [-0.05, 0) is 92.4 Å². The van der Waals surface area contributed by atoms with Crippen molar-refractivity contribution in [1.29, 1.82) is 0 Å². The van der Waals surface area contributed by atoms with E-state index in [1.807, 2.05) is 66.4 Å². The van der Waals surface area contributed by atoms with Gasteiger partial charge in [-0.1, -0.05) is 49.4 Å². The number of carbonyl (C=O) groups excluding carboxylic acids is 4. The summed E-state index contributed by atoms with van der Waals surface area (Å²) in [7, 11) is 5.84. The Morgan fingerprint density at radius 3 is 2.39 bits per heavy atom. The zero-order valence-corrected chi connectivity index (χ0v) is 40.8. The smallest absolute Gasteiger partial charge is 0.344 e. The summed E-state index contributed by atoms with van der Waals surface area (Å²) < 4.78 is 60.9. The highest BCUT2D eigenvalue weighted by atomic mass is 19.3. The molecule has 2 N–H and O–H groups in total. The number of methoxy groups -OCH3 is 3. The number of H-pyrrole nitrogens is 1. The number of nitrogens with one attached hydrogen (secondary N) is 1. The van der Waals surface area contributed by atoms with E-state index in [4.69, 9.17) is 23.7 Å². The highest BCUT2D eigenvalue weighted by Gasteiger charge is 2.80. The van der Waals surface area contributed by atoms with Crippen molar-refractivity contribution in [3.8, 4) is 5.75 Å². The molecule has 10 atom stereocenters. The van der Waals surface area contributed by atoms with Crippen LogP contribution in [0.2, 0.25) is 0 Å². The van der Waals surface area contributed by atoms with Crippen LogP contribution in [0.1, 0.15) is 84.8 Å². The number of alkyl halides is 2. The lowest BCUT2D eigenvalue weighted by Crippen LogP contribution is -2.81. The number of rotatable bonds is 10. The Morgan fingerprint density at radius 2 is 1.70 bits per heavy atom. The second-order valence-corrected chi connectivity index (χ2v) is 20.6. The van der Waals surface area contributed by atoms with Gasteiger partial charge in [-0.15, -0.1) is 0 Å². The van der Waals surface area contributed by atoms with E-state index in [-0.39, 0.29) is 26.0 Å². The Hall–Kier alpha value is -5.84. The average molecular weight is 965 g/mol. The number of hydrogen-bond donors (Lipinski definition) is 2. The number of ether oxygens (including phenoxy) is 5. The van der Waals surface area contributed by atoms with Gasteiger partial charge in [0.1, 0.15) is 17.8 Å². The van der Waals surface area contributed by atoms with Crippen LogP contribution >= 0.6 is 0 Å². The first-order valence-corrected chi connectivity index (χ1v) is 24.3. The molecule has 70 heavy (non-hydrogen) atoms. The molecule has 1 aliphatic carbocycles. The van der Waals surface area contributed by atoms with Crippen molar-refractivity contribution in [1.82, 2.24) is 14.8 Å². The van der Waals surface area contributed by atoms with Gasteiger partial charge in [-0.25, -0.2) is 18.4 Å². The summed E-state index contributed by atoms with van der Waals surface area (Å²) in [6, 6.07) is 17.0. The number of piperidine rings is 1. The van der Waals surface area contributed by atoms with E-state index in [1.54, 1.807) is 25.2 Å². The second kappa shape index (κ2) is 17.2. The summed E-state index contributed by atoms with van der Waals surface area (Å²) in [6.07, 6.45) is 4.02. The number of aromatic amines is 1. The van der Waals surface area contributed by atoms with Crippen molar-refractivity contribution in [3.63, 3.8) is 0 Å². The second-order valence-electron chi connectivity index (χ2n) is 20.6. The van der Waals surface area contributed by atoms with Crippen molar-refractivity contribution < 1.29 is 56.7 Å².